The van der Waals surface area contributed by atoms with Gasteiger partial charge >= 0.3 is 0 Å². The lowest BCUT2D eigenvalue weighted by Gasteiger charge is -2.20. The Morgan fingerprint density at radius 1 is 1.29 bits per heavy atom. The van der Waals surface area contributed by atoms with Crippen LogP contribution < -0.4 is 0 Å². The number of hydrogen-bond donors (Lipinski definition) is 0. The predicted octanol–water partition coefficient (Wildman–Crippen LogP) is 3.78. The van der Waals surface area contributed by atoms with E-state index >= 15 is 0 Å². The number of hydrazone groups is 1. The molecule has 5 nitrogen and oxygen atoms in total. The number of carbonyl (C=O) groups excluding carboxylic acids is 1. The number of carbonyl (C=O) groups is 1. The third-order valence-corrected chi connectivity index (χ3v) is 4.81. The minimum Gasteiger partial charge on any atom is -0.273 e. The van der Waals surface area contributed by atoms with Crippen molar-refractivity contribution in [2.24, 2.45) is 5.10 Å². The second kappa shape index (κ2) is 6.13. The van der Waals surface area contributed by atoms with E-state index in [1.54, 1.807) is 22.5 Å². The van der Waals surface area contributed by atoms with Gasteiger partial charge in [-0.3, -0.25) is 9.78 Å². The molecule has 0 saturated heterocycles. The molecule has 0 fully saturated rings. The van der Waals surface area contributed by atoms with Crippen LogP contribution in [0.15, 0.2) is 52.4 Å². The minimum absolute atomic E-state index is 0.000174. The molecule has 0 saturated carbocycles. The Hall–Kier alpha value is -2.60. The summed E-state index contributed by atoms with van der Waals surface area (Å²) in [6, 6.07) is 9.60. The van der Waals surface area contributed by atoms with Crippen LogP contribution in [0.25, 0.3) is 11.0 Å². The average molecular weight is 336 g/mol. The van der Waals surface area contributed by atoms with E-state index in [0.717, 1.165) is 28.0 Å². The molecular formula is C18H16N4OS. The number of benzene rings is 1. The number of aromatic nitrogens is 2. The Morgan fingerprint density at radius 3 is 2.88 bits per heavy atom. The maximum absolute atomic E-state index is 12.3. The highest BCUT2D eigenvalue weighted by Gasteiger charge is 2.33. The quantitative estimate of drug-likeness (QED) is 0.731. The number of rotatable bonds is 3. The van der Waals surface area contributed by atoms with Gasteiger partial charge in [-0.2, -0.15) is 16.4 Å². The molecule has 0 aliphatic carbocycles. The normalized spacial score (nSPS) is 17.3. The summed E-state index contributed by atoms with van der Waals surface area (Å²) < 4.78 is 0. The van der Waals surface area contributed by atoms with Crippen LogP contribution in [0.1, 0.15) is 37.1 Å². The summed E-state index contributed by atoms with van der Waals surface area (Å²) in [5, 5.41) is 10.2. The van der Waals surface area contributed by atoms with E-state index in [9.17, 15) is 4.79 Å². The van der Waals surface area contributed by atoms with Gasteiger partial charge in [-0.15, -0.1) is 0 Å². The molecule has 1 aliphatic heterocycles. The Labute approximate surface area is 143 Å². The maximum Gasteiger partial charge on any atom is 0.243 e. The highest BCUT2D eigenvalue weighted by atomic mass is 32.1. The van der Waals surface area contributed by atoms with E-state index in [-0.39, 0.29) is 11.9 Å². The monoisotopic (exact) mass is 336 g/mol. The van der Waals surface area contributed by atoms with Gasteiger partial charge in [-0.05, 0) is 29.0 Å². The van der Waals surface area contributed by atoms with Gasteiger partial charge in [-0.1, -0.05) is 19.1 Å². The first-order valence-corrected chi connectivity index (χ1v) is 8.84. The van der Waals surface area contributed by atoms with E-state index in [1.807, 2.05) is 42.6 Å². The summed E-state index contributed by atoms with van der Waals surface area (Å²) in [4.78, 5) is 21.5. The molecule has 120 valence electrons. The molecule has 0 spiro atoms. The van der Waals surface area contributed by atoms with E-state index in [1.165, 1.54) is 0 Å². The Bertz CT molecular complexity index is 920. The van der Waals surface area contributed by atoms with Crippen molar-refractivity contribution in [3.05, 3.63) is 58.5 Å². The van der Waals surface area contributed by atoms with Gasteiger partial charge in [0.2, 0.25) is 5.91 Å². The third kappa shape index (κ3) is 2.59. The number of nitrogens with zero attached hydrogens (tertiary/aromatic N) is 4. The molecule has 0 bridgehead atoms. The largest absolute Gasteiger partial charge is 0.273 e. The Morgan fingerprint density at radius 2 is 2.12 bits per heavy atom. The summed E-state index contributed by atoms with van der Waals surface area (Å²) in [6.07, 6.45) is 2.84. The van der Waals surface area contributed by atoms with Crippen LogP contribution in [0.3, 0.4) is 0 Å². The zero-order valence-corrected chi connectivity index (χ0v) is 14.0. The fourth-order valence-electron chi connectivity index (χ4n) is 2.87. The summed E-state index contributed by atoms with van der Waals surface area (Å²) in [6.45, 7) is 1.85. The van der Waals surface area contributed by atoms with Crippen LogP contribution in [0, 0.1) is 0 Å². The standard InChI is InChI=1S/C18H16N4OS/c1-2-18(23)22-17(9-15(21-22)12-7-8-24-11-12)16-10-19-13-5-3-4-6-14(13)20-16/h3-8,10-11,17H,2,9H2,1H3/t17-/m1/s1. The molecule has 3 aromatic rings. The fraction of sp³-hybridized carbons (Fsp3) is 0.222. The molecular weight excluding hydrogens is 320 g/mol. The molecule has 1 aromatic carbocycles. The lowest BCUT2D eigenvalue weighted by atomic mass is 10.0. The fourth-order valence-corrected chi connectivity index (χ4v) is 3.53. The summed E-state index contributed by atoms with van der Waals surface area (Å²) in [5.74, 6) is 0.000174. The molecule has 1 atom stereocenters. The van der Waals surface area contributed by atoms with Crippen LogP contribution in [0.5, 0.6) is 0 Å². The molecule has 24 heavy (non-hydrogen) atoms. The van der Waals surface area contributed by atoms with Crippen molar-refractivity contribution in [1.29, 1.82) is 0 Å². The lowest BCUT2D eigenvalue weighted by molar-refractivity contribution is -0.132. The highest BCUT2D eigenvalue weighted by Crippen LogP contribution is 2.33. The van der Waals surface area contributed by atoms with E-state index in [4.69, 9.17) is 4.98 Å². The predicted molar refractivity (Wildman–Crippen MR) is 94.9 cm³/mol. The van der Waals surface area contributed by atoms with Crippen molar-refractivity contribution in [2.75, 3.05) is 0 Å². The highest BCUT2D eigenvalue weighted by molar-refractivity contribution is 7.08. The SMILES string of the molecule is CCC(=O)N1N=C(c2ccsc2)C[C@@H]1c1cnc2ccccc2n1. The molecule has 0 radical (unpaired) electrons. The van der Waals surface area contributed by atoms with Crippen molar-refractivity contribution in [3.63, 3.8) is 0 Å². The third-order valence-electron chi connectivity index (χ3n) is 4.13. The minimum atomic E-state index is -0.190. The molecule has 1 aliphatic rings. The molecule has 0 unspecified atom stereocenters. The van der Waals surface area contributed by atoms with E-state index in [0.29, 0.717) is 12.8 Å². The number of fused-ring (bicyclic) bond motifs is 1. The van der Waals surface area contributed by atoms with Gasteiger partial charge in [0, 0.05) is 18.4 Å². The van der Waals surface area contributed by atoms with Gasteiger partial charge in [0.05, 0.1) is 28.6 Å². The zero-order chi connectivity index (χ0) is 16.5. The molecule has 4 rings (SSSR count). The smallest absolute Gasteiger partial charge is 0.243 e. The van der Waals surface area contributed by atoms with Crippen LogP contribution >= 0.6 is 11.3 Å². The van der Waals surface area contributed by atoms with Gasteiger partial charge in [0.1, 0.15) is 6.04 Å². The first-order valence-electron chi connectivity index (χ1n) is 7.90. The number of amides is 1. The molecule has 3 heterocycles. The Kier molecular flexibility index (Phi) is 3.82. The second-order valence-electron chi connectivity index (χ2n) is 5.65. The van der Waals surface area contributed by atoms with Crippen LogP contribution in [-0.2, 0) is 4.79 Å². The first kappa shape index (κ1) is 15.0. The average Bonchev–Trinajstić information content (AvgIpc) is 3.30. The Balaban J connectivity index is 1.73. The van der Waals surface area contributed by atoms with Gasteiger partial charge in [0.15, 0.2) is 0 Å². The summed E-state index contributed by atoms with van der Waals surface area (Å²) in [5.41, 5.74) is 4.47. The number of para-hydroxylation sites is 2. The molecule has 1 amide bonds. The van der Waals surface area contributed by atoms with Crippen LogP contribution in [-0.4, -0.2) is 26.6 Å². The van der Waals surface area contributed by atoms with Crippen molar-refractivity contribution in [3.8, 4) is 0 Å². The molecule has 0 N–H and O–H groups in total. The molecule has 2 aromatic heterocycles. The van der Waals surface area contributed by atoms with Crippen molar-refractivity contribution < 1.29 is 4.79 Å². The van der Waals surface area contributed by atoms with Gasteiger partial charge in [0.25, 0.3) is 0 Å². The zero-order valence-electron chi connectivity index (χ0n) is 13.2. The summed E-state index contributed by atoms with van der Waals surface area (Å²) >= 11 is 1.63. The van der Waals surface area contributed by atoms with Gasteiger partial charge < -0.3 is 0 Å². The molecule has 6 heteroatoms. The number of hydrogen-bond acceptors (Lipinski definition) is 5. The van der Waals surface area contributed by atoms with Crippen molar-refractivity contribution in [2.45, 2.75) is 25.8 Å². The van der Waals surface area contributed by atoms with E-state index in [2.05, 4.69) is 15.5 Å². The van der Waals surface area contributed by atoms with Crippen LogP contribution in [0.2, 0.25) is 0 Å². The first-order chi connectivity index (χ1) is 11.8. The van der Waals surface area contributed by atoms with E-state index < -0.39 is 0 Å². The number of thiophene rings is 1. The maximum atomic E-state index is 12.3. The van der Waals surface area contributed by atoms with Crippen molar-refractivity contribution >= 4 is 34.0 Å². The lowest BCUT2D eigenvalue weighted by Crippen LogP contribution is -2.26. The summed E-state index contributed by atoms with van der Waals surface area (Å²) in [7, 11) is 0. The van der Waals surface area contributed by atoms with Crippen molar-refractivity contribution in [1.82, 2.24) is 15.0 Å². The van der Waals surface area contributed by atoms with Crippen LogP contribution in [0.4, 0.5) is 0 Å². The topological polar surface area (TPSA) is 58.5 Å². The van der Waals surface area contributed by atoms with Gasteiger partial charge in [-0.25, -0.2) is 9.99 Å². The second-order valence-corrected chi connectivity index (χ2v) is 6.43.